The molecule has 0 spiro atoms. The van der Waals surface area contributed by atoms with Crippen molar-refractivity contribution in [3.05, 3.63) is 58.9 Å². The minimum Gasteiger partial charge on any atom is -0.486 e. The average Bonchev–Trinajstić information content (AvgIpc) is 2.60. The Labute approximate surface area is 141 Å². The van der Waals surface area contributed by atoms with Crippen molar-refractivity contribution in [3.63, 3.8) is 0 Å². The van der Waals surface area contributed by atoms with E-state index < -0.39 is 6.09 Å². The van der Waals surface area contributed by atoms with Gasteiger partial charge in [-0.3, -0.25) is 5.32 Å². The van der Waals surface area contributed by atoms with Gasteiger partial charge in [-0.05, 0) is 42.2 Å². The highest BCUT2D eigenvalue weighted by Gasteiger charge is 2.12. The monoisotopic (exact) mass is 331 g/mol. The second-order valence-electron chi connectivity index (χ2n) is 5.32. The summed E-state index contributed by atoms with van der Waals surface area (Å²) < 4.78 is 24.4. The summed E-state index contributed by atoms with van der Waals surface area (Å²) >= 11 is 0. The standard InChI is InChI=1S/C19H22FNO3/c1-4-13-9-10-18(16(20)11-13)24-12-15-14(5-2)7-6-8-17(15)21-19(22)23-3/h6-11H,4-5,12H2,1-3H3,(H,21,22). The number of carbonyl (C=O) groups excluding carboxylic acids is 1. The minimum atomic E-state index is -0.553. The van der Waals surface area contributed by atoms with Crippen LogP contribution >= 0.6 is 0 Å². The Balaban J connectivity index is 2.23. The van der Waals surface area contributed by atoms with Crippen LogP contribution in [0.5, 0.6) is 5.75 Å². The summed E-state index contributed by atoms with van der Waals surface area (Å²) in [5.41, 5.74) is 3.35. The third kappa shape index (κ3) is 4.25. The van der Waals surface area contributed by atoms with Crippen molar-refractivity contribution >= 4 is 11.8 Å². The summed E-state index contributed by atoms with van der Waals surface area (Å²) in [5.74, 6) is -0.187. The zero-order valence-corrected chi connectivity index (χ0v) is 14.2. The maximum absolute atomic E-state index is 14.1. The van der Waals surface area contributed by atoms with Gasteiger partial charge in [-0.25, -0.2) is 9.18 Å². The summed E-state index contributed by atoms with van der Waals surface area (Å²) in [6.45, 7) is 4.14. The first-order valence-corrected chi connectivity index (χ1v) is 7.96. The van der Waals surface area contributed by atoms with Crippen molar-refractivity contribution in [2.24, 2.45) is 0 Å². The maximum Gasteiger partial charge on any atom is 0.411 e. The largest absolute Gasteiger partial charge is 0.486 e. The van der Waals surface area contributed by atoms with Gasteiger partial charge >= 0.3 is 6.09 Å². The summed E-state index contributed by atoms with van der Waals surface area (Å²) in [6.07, 6.45) is 0.985. The molecule has 2 aromatic carbocycles. The van der Waals surface area contributed by atoms with Crippen LogP contribution in [0.3, 0.4) is 0 Å². The number of amides is 1. The highest BCUT2D eigenvalue weighted by atomic mass is 19.1. The average molecular weight is 331 g/mol. The molecule has 0 heterocycles. The fourth-order valence-corrected chi connectivity index (χ4v) is 2.45. The van der Waals surface area contributed by atoms with Gasteiger partial charge in [0.25, 0.3) is 0 Å². The maximum atomic E-state index is 14.1. The van der Waals surface area contributed by atoms with Crippen molar-refractivity contribution in [1.29, 1.82) is 0 Å². The van der Waals surface area contributed by atoms with E-state index in [4.69, 9.17) is 4.74 Å². The van der Waals surface area contributed by atoms with E-state index in [1.807, 2.05) is 32.0 Å². The molecule has 0 atom stereocenters. The van der Waals surface area contributed by atoms with Crippen molar-refractivity contribution in [2.75, 3.05) is 12.4 Å². The highest BCUT2D eigenvalue weighted by Crippen LogP contribution is 2.25. The Morgan fingerprint density at radius 1 is 1.17 bits per heavy atom. The van der Waals surface area contributed by atoms with E-state index in [9.17, 15) is 9.18 Å². The second kappa shape index (κ2) is 8.34. The number of rotatable bonds is 6. The van der Waals surface area contributed by atoms with E-state index in [2.05, 4.69) is 10.1 Å². The van der Waals surface area contributed by atoms with Crippen molar-refractivity contribution in [3.8, 4) is 5.75 Å². The van der Waals surface area contributed by atoms with Gasteiger partial charge in [0.2, 0.25) is 0 Å². The molecule has 0 unspecified atom stereocenters. The molecule has 4 nitrogen and oxygen atoms in total. The van der Waals surface area contributed by atoms with Crippen LogP contribution in [-0.4, -0.2) is 13.2 Å². The van der Waals surface area contributed by atoms with Gasteiger partial charge in [0.05, 0.1) is 12.8 Å². The smallest absolute Gasteiger partial charge is 0.411 e. The number of anilines is 1. The third-order valence-corrected chi connectivity index (χ3v) is 3.85. The molecular formula is C19H22FNO3. The van der Waals surface area contributed by atoms with Crippen LogP contribution in [0.4, 0.5) is 14.9 Å². The fourth-order valence-electron chi connectivity index (χ4n) is 2.45. The number of aryl methyl sites for hydroxylation is 2. The lowest BCUT2D eigenvalue weighted by Gasteiger charge is -2.16. The number of ether oxygens (including phenoxy) is 2. The molecule has 0 aromatic heterocycles. The molecule has 0 bridgehead atoms. The Morgan fingerprint density at radius 2 is 1.96 bits per heavy atom. The Hall–Kier alpha value is -2.56. The van der Waals surface area contributed by atoms with Gasteiger partial charge in [0, 0.05) is 5.56 Å². The van der Waals surface area contributed by atoms with E-state index >= 15 is 0 Å². The molecule has 24 heavy (non-hydrogen) atoms. The van der Waals surface area contributed by atoms with Crippen LogP contribution in [0.1, 0.15) is 30.5 Å². The molecule has 0 saturated heterocycles. The van der Waals surface area contributed by atoms with Crippen LogP contribution in [0.2, 0.25) is 0 Å². The first kappa shape index (κ1) is 17.8. The van der Waals surface area contributed by atoms with E-state index in [0.717, 1.165) is 29.5 Å². The lowest BCUT2D eigenvalue weighted by molar-refractivity contribution is 0.187. The van der Waals surface area contributed by atoms with E-state index in [1.54, 1.807) is 12.1 Å². The topological polar surface area (TPSA) is 47.6 Å². The second-order valence-corrected chi connectivity index (χ2v) is 5.32. The molecule has 128 valence electrons. The van der Waals surface area contributed by atoms with Crippen molar-refractivity contribution in [2.45, 2.75) is 33.3 Å². The normalized spacial score (nSPS) is 10.3. The van der Waals surface area contributed by atoms with Crippen LogP contribution in [0, 0.1) is 5.82 Å². The zero-order valence-electron chi connectivity index (χ0n) is 14.2. The fraction of sp³-hybridized carbons (Fsp3) is 0.316. The molecule has 5 heteroatoms. The predicted octanol–water partition coefficient (Wildman–Crippen LogP) is 4.71. The molecular weight excluding hydrogens is 309 g/mol. The summed E-state index contributed by atoms with van der Waals surface area (Å²) in [5, 5.41) is 2.67. The number of halogens is 1. The quantitative estimate of drug-likeness (QED) is 0.834. The highest BCUT2D eigenvalue weighted by molar-refractivity contribution is 5.85. The number of carbonyl (C=O) groups is 1. The first-order valence-electron chi connectivity index (χ1n) is 7.96. The summed E-state index contributed by atoms with van der Waals surface area (Å²) in [6, 6.07) is 10.5. The molecule has 0 aliphatic carbocycles. The van der Waals surface area contributed by atoms with Gasteiger partial charge in [0.15, 0.2) is 11.6 Å². The molecule has 0 fully saturated rings. The first-order chi connectivity index (χ1) is 11.6. The number of hydrogen-bond donors (Lipinski definition) is 1. The number of methoxy groups -OCH3 is 1. The number of nitrogens with one attached hydrogen (secondary N) is 1. The molecule has 2 aromatic rings. The van der Waals surface area contributed by atoms with Gasteiger partial charge in [-0.15, -0.1) is 0 Å². The minimum absolute atomic E-state index is 0.158. The molecule has 2 rings (SSSR count). The lowest BCUT2D eigenvalue weighted by Crippen LogP contribution is -2.14. The van der Waals surface area contributed by atoms with E-state index in [-0.39, 0.29) is 18.2 Å². The van der Waals surface area contributed by atoms with Crippen LogP contribution in [0.25, 0.3) is 0 Å². The van der Waals surface area contributed by atoms with Crippen molar-refractivity contribution < 1.29 is 18.7 Å². The molecule has 0 radical (unpaired) electrons. The number of hydrogen-bond acceptors (Lipinski definition) is 3. The van der Waals surface area contributed by atoms with Gasteiger partial charge in [-0.1, -0.05) is 32.0 Å². The predicted molar refractivity (Wildman–Crippen MR) is 92.0 cm³/mol. The molecule has 0 saturated carbocycles. The molecule has 1 amide bonds. The summed E-state index contributed by atoms with van der Waals surface area (Å²) in [7, 11) is 1.31. The van der Waals surface area contributed by atoms with E-state index in [0.29, 0.717) is 5.69 Å². The van der Waals surface area contributed by atoms with Crippen LogP contribution in [0.15, 0.2) is 36.4 Å². The Bertz CT molecular complexity index is 716. The summed E-state index contributed by atoms with van der Waals surface area (Å²) in [4.78, 5) is 11.5. The molecule has 1 N–H and O–H groups in total. The van der Waals surface area contributed by atoms with E-state index in [1.165, 1.54) is 13.2 Å². The SMILES string of the molecule is CCc1ccc(OCc2c(CC)cccc2NC(=O)OC)c(F)c1. The van der Waals surface area contributed by atoms with Gasteiger partial charge < -0.3 is 9.47 Å². The van der Waals surface area contributed by atoms with Crippen LogP contribution < -0.4 is 10.1 Å². The Morgan fingerprint density at radius 3 is 2.58 bits per heavy atom. The van der Waals surface area contributed by atoms with Crippen LogP contribution in [-0.2, 0) is 24.2 Å². The number of benzene rings is 2. The zero-order chi connectivity index (χ0) is 17.5. The Kier molecular flexibility index (Phi) is 6.18. The molecule has 0 aliphatic heterocycles. The molecule has 0 aliphatic rings. The third-order valence-electron chi connectivity index (χ3n) is 3.85. The van der Waals surface area contributed by atoms with Gasteiger partial charge in [0.1, 0.15) is 6.61 Å². The van der Waals surface area contributed by atoms with Crippen molar-refractivity contribution in [1.82, 2.24) is 0 Å². The lowest BCUT2D eigenvalue weighted by atomic mass is 10.0. The van der Waals surface area contributed by atoms with Gasteiger partial charge in [-0.2, -0.15) is 0 Å².